The Bertz CT molecular complexity index is 246. The third-order valence-electron chi connectivity index (χ3n) is 1.96. The monoisotopic (exact) mass is 182 g/mol. The zero-order valence-electron chi connectivity index (χ0n) is 7.46. The lowest BCUT2D eigenvalue weighted by molar-refractivity contribution is -0.0531. The van der Waals surface area contributed by atoms with Crippen LogP contribution in [0.5, 0.6) is 0 Å². The molecule has 0 amide bonds. The van der Waals surface area contributed by atoms with E-state index in [-0.39, 0.29) is 0 Å². The number of benzene rings is 1. The maximum absolute atomic E-state index is 9.55. The molecule has 0 spiro atoms. The molecule has 13 heavy (non-hydrogen) atoms. The Kier molecular flexibility index (Phi) is 3.42. The summed E-state index contributed by atoms with van der Waals surface area (Å²) in [4.78, 5) is 0. The Morgan fingerprint density at radius 3 is 2.00 bits per heavy atom. The molecule has 0 fully saturated rings. The van der Waals surface area contributed by atoms with Crippen molar-refractivity contribution in [2.75, 3.05) is 0 Å². The number of hydrogen-bond donors (Lipinski definition) is 3. The quantitative estimate of drug-likeness (QED) is 0.636. The van der Waals surface area contributed by atoms with E-state index >= 15 is 0 Å². The van der Waals surface area contributed by atoms with Crippen molar-refractivity contribution < 1.29 is 15.3 Å². The highest BCUT2D eigenvalue weighted by atomic mass is 16.4. The fraction of sp³-hybridized carbons (Fsp3) is 0.400. The van der Waals surface area contributed by atoms with Crippen LogP contribution < -0.4 is 0 Å². The molecular weight excluding hydrogens is 168 g/mol. The minimum Gasteiger partial charge on any atom is -0.391 e. The summed E-state index contributed by atoms with van der Waals surface area (Å²) in [6.45, 7) is 1.44. The van der Waals surface area contributed by atoms with Crippen LogP contribution in [0, 0.1) is 0 Å². The van der Waals surface area contributed by atoms with Gasteiger partial charge in [0.1, 0.15) is 12.2 Å². The van der Waals surface area contributed by atoms with Crippen LogP contribution in [-0.4, -0.2) is 27.5 Å². The van der Waals surface area contributed by atoms with Crippen molar-refractivity contribution >= 4 is 0 Å². The van der Waals surface area contributed by atoms with Crippen LogP contribution in [0.15, 0.2) is 30.3 Å². The molecule has 0 radical (unpaired) electrons. The van der Waals surface area contributed by atoms with Gasteiger partial charge in [-0.25, -0.2) is 0 Å². The van der Waals surface area contributed by atoms with Gasteiger partial charge in [-0.1, -0.05) is 30.3 Å². The molecule has 3 nitrogen and oxygen atoms in total. The van der Waals surface area contributed by atoms with Crippen molar-refractivity contribution in [3.05, 3.63) is 35.9 Å². The average molecular weight is 182 g/mol. The van der Waals surface area contributed by atoms with Gasteiger partial charge in [-0.3, -0.25) is 0 Å². The molecule has 0 unspecified atom stereocenters. The molecule has 0 bridgehead atoms. The molecule has 0 saturated carbocycles. The number of aliphatic hydroxyl groups is 3. The van der Waals surface area contributed by atoms with Gasteiger partial charge < -0.3 is 15.3 Å². The summed E-state index contributed by atoms with van der Waals surface area (Å²) < 4.78 is 0. The molecule has 0 aliphatic rings. The average Bonchev–Trinajstić information content (AvgIpc) is 2.17. The topological polar surface area (TPSA) is 60.7 Å². The smallest absolute Gasteiger partial charge is 0.110 e. The first-order chi connectivity index (χ1) is 6.13. The lowest BCUT2D eigenvalue weighted by Crippen LogP contribution is -2.29. The fourth-order valence-electron chi connectivity index (χ4n) is 1.11. The fourth-order valence-corrected chi connectivity index (χ4v) is 1.11. The standard InChI is InChI=1S/C10H14O3/c1-7(11)9(12)10(13)8-5-3-2-4-6-8/h2-7,9-13H,1H3/t7-,9+,10+/m0/s1. The van der Waals surface area contributed by atoms with Crippen LogP contribution in [-0.2, 0) is 0 Å². The Hall–Kier alpha value is -0.900. The molecule has 1 rings (SSSR count). The van der Waals surface area contributed by atoms with E-state index in [0.717, 1.165) is 0 Å². The summed E-state index contributed by atoms with van der Waals surface area (Å²) in [6.07, 6.45) is -3.10. The molecule has 0 aliphatic heterocycles. The molecule has 1 aromatic rings. The lowest BCUT2D eigenvalue weighted by Gasteiger charge is -2.20. The van der Waals surface area contributed by atoms with Crippen LogP contribution >= 0.6 is 0 Å². The van der Waals surface area contributed by atoms with E-state index in [0.29, 0.717) is 5.56 Å². The van der Waals surface area contributed by atoms with E-state index < -0.39 is 18.3 Å². The van der Waals surface area contributed by atoms with E-state index in [4.69, 9.17) is 5.11 Å². The maximum atomic E-state index is 9.55. The van der Waals surface area contributed by atoms with Gasteiger partial charge in [-0.05, 0) is 12.5 Å². The Balaban J connectivity index is 2.73. The highest BCUT2D eigenvalue weighted by molar-refractivity contribution is 5.18. The first-order valence-corrected chi connectivity index (χ1v) is 4.22. The zero-order valence-corrected chi connectivity index (χ0v) is 7.46. The molecule has 3 N–H and O–H groups in total. The highest BCUT2D eigenvalue weighted by Crippen LogP contribution is 2.18. The summed E-state index contributed by atoms with van der Waals surface area (Å²) in [6, 6.07) is 8.78. The second-order valence-electron chi connectivity index (χ2n) is 3.09. The van der Waals surface area contributed by atoms with Crippen molar-refractivity contribution in [2.24, 2.45) is 0 Å². The molecule has 3 atom stereocenters. The molecule has 0 heterocycles. The van der Waals surface area contributed by atoms with Gasteiger partial charge in [0, 0.05) is 0 Å². The van der Waals surface area contributed by atoms with Gasteiger partial charge in [0.25, 0.3) is 0 Å². The number of hydrogen-bond acceptors (Lipinski definition) is 3. The normalized spacial score (nSPS) is 17.8. The van der Waals surface area contributed by atoms with Crippen LogP contribution in [0.2, 0.25) is 0 Å². The second kappa shape index (κ2) is 4.37. The minimum absolute atomic E-state index is 0.607. The summed E-state index contributed by atoms with van der Waals surface area (Å²) in [5, 5.41) is 27.9. The Morgan fingerprint density at radius 1 is 1.00 bits per heavy atom. The van der Waals surface area contributed by atoms with Crippen molar-refractivity contribution in [1.29, 1.82) is 0 Å². The largest absolute Gasteiger partial charge is 0.391 e. The Morgan fingerprint density at radius 2 is 1.54 bits per heavy atom. The SMILES string of the molecule is C[C@H](O)[C@@H](O)[C@H](O)c1ccccc1. The molecule has 0 saturated heterocycles. The number of rotatable bonds is 3. The van der Waals surface area contributed by atoms with Crippen molar-refractivity contribution in [2.45, 2.75) is 25.2 Å². The van der Waals surface area contributed by atoms with Crippen molar-refractivity contribution in [1.82, 2.24) is 0 Å². The van der Waals surface area contributed by atoms with Crippen molar-refractivity contribution in [3.63, 3.8) is 0 Å². The summed E-state index contributed by atoms with van der Waals surface area (Å²) in [7, 11) is 0. The third kappa shape index (κ3) is 2.52. The zero-order chi connectivity index (χ0) is 9.84. The molecule has 72 valence electrons. The predicted molar refractivity (Wildman–Crippen MR) is 49.1 cm³/mol. The first-order valence-electron chi connectivity index (χ1n) is 4.22. The Labute approximate surface area is 77.3 Å². The minimum atomic E-state index is -1.14. The van der Waals surface area contributed by atoms with Gasteiger partial charge in [0.05, 0.1) is 6.10 Å². The molecule has 0 aromatic heterocycles. The van der Waals surface area contributed by atoms with Gasteiger partial charge in [-0.2, -0.15) is 0 Å². The van der Waals surface area contributed by atoms with Crippen molar-refractivity contribution in [3.8, 4) is 0 Å². The van der Waals surface area contributed by atoms with E-state index in [9.17, 15) is 10.2 Å². The van der Waals surface area contributed by atoms with E-state index in [1.807, 2.05) is 6.07 Å². The maximum Gasteiger partial charge on any atom is 0.110 e. The van der Waals surface area contributed by atoms with E-state index in [1.54, 1.807) is 24.3 Å². The molecule has 0 aliphatic carbocycles. The predicted octanol–water partition coefficient (Wildman–Crippen LogP) is 0.462. The van der Waals surface area contributed by atoms with E-state index in [1.165, 1.54) is 6.92 Å². The van der Waals surface area contributed by atoms with Gasteiger partial charge in [-0.15, -0.1) is 0 Å². The van der Waals surface area contributed by atoms with Crippen LogP contribution in [0.1, 0.15) is 18.6 Å². The van der Waals surface area contributed by atoms with Crippen LogP contribution in [0.25, 0.3) is 0 Å². The molecule has 3 heteroatoms. The molecular formula is C10H14O3. The van der Waals surface area contributed by atoms with Gasteiger partial charge in [0.2, 0.25) is 0 Å². The van der Waals surface area contributed by atoms with Gasteiger partial charge >= 0.3 is 0 Å². The highest BCUT2D eigenvalue weighted by Gasteiger charge is 2.22. The first kappa shape index (κ1) is 10.2. The van der Waals surface area contributed by atoms with Crippen LogP contribution in [0.3, 0.4) is 0 Å². The summed E-state index contributed by atoms with van der Waals surface area (Å²) in [5.41, 5.74) is 0.607. The number of aliphatic hydroxyl groups excluding tert-OH is 3. The third-order valence-corrected chi connectivity index (χ3v) is 1.96. The summed E-state index contributed by atoms with van der Waals surface area (Å²) in [5.74, 6) is 0. The molecule has 1 aromatic carbocycles. The lowest BCUT2D eigenvalue weighted by atomic mass is 10.0. The summed E-state index contributed by atoms with van der Waals surface area (Å²) >= 11 is 0. The van der Waals surface area contributed by atoms with Crippen LogP contribution in [0.4, 0.5) is 0 Å². The second-order valence-corrected chi connectivity index (χ2v) is 3.09. The van der Waals surface area contributed by atoms with Gasteiger partial charge in [0.15, 0.2) is 0 Å². The van der Waals surface area contributed by atoms with E-state index in [2.05, 4.69) is 0 Å².